The van der Waals surface area contributed by atoms with Crippen molar-refractivity contribution in [2.75, 3.05) is 6.26 Å². The number of hydrogen-bond donors (Lipinski definition) is 1. The van der Waals surface area contributed by atoms with Crippen LogP contribution in [0, 0.1) is 0 Å². The molecule has 0 radical (unpaired) electrons. The molecule has 4 rings (SSSR count). The van der Waals surface area contributed by atoms with Gasteiger partial charge in [0.25, 0.3) is 0 Å². The number of carboxylic acid groups (broad SMARTS) is 1. The summed E-state index contributed by atoms with van der Waals surface area (Å²) < 4.78 is 63.2. The maximum Gasteiger partial charge on any atom is 0.416 e. The molecule has 6 nitrogen and oxygen atoms in total. The molecular formula is C24H25F3N2O4S. The molecule has 0 saturated carbocycles. The van der Waals surface area contributed by atoms with E-state index in [0.29, 0.717) is 17.5 Å². The Hall–Kier alpha value is -3.14. The lowest BCUT2D eigenvalue weighted by molar-refractivity contribution is -0.138. The number of carbonyl (C=O) groups is 1. The highest BCUT2D eigenvalue weighted by Gasteiger charge is 2.32. The maximum absolute atomic E-state index is 12.9. The zero-order valence-electron chi connectivity index (χ0n) is 18.7. The Bertz CT molecular complexity index is 1270. The van der Waals surface area contributed by atoms with Gasteiger partial charge in [0.05, 0.1) is 16.7 Å². The fourth-order valence-electron chi connectivity index (χ4n) is 3.88. The minimum atomic E-state index is -4.59. The molecule has 10 heteroatoms. The van der Waals surface area contributed by atoms with Crippen LogP contribution in [0.25, 0.3) is 11.1 Å². The van der Waals surface area contributed by atoms with E-state index < -0.39 is 27.5 Å². The topological polar surface area (TPSA) is 89.3 Å². The van der Waals surface area contributed by atoms with Gasteiger partial charge in [0.1, 0.15) is 6.54 Å². The van der Waals surface area contributed by atoms with Gasteiger partial charge in [-0.25, -0.2) is 8.42 Å². The molecule has 0 aliphatic heterocycles. The molecule has 0 saturated heterocycles. The van der Waals surface area contributed by atoms with Crippen LogP contribution >= 0.6 is 0 Å². The summed E-state index contributed by atoms with van der Waals surface area (Å²) in [7, 11) is -3.72. The van der Waals surface area contributed by atoms with Crippen LogP contribution in [0.15, 0.2) is 59.6 Å². The normalized spacial score (nSPS) is 15.7. The average molecular weight is 495 g/mol. The highest BCUT2D eigenvalue weighted by molar-refractivity contribution is 7.90. The minimum Gasteiger partial charge on any atom is -0.480 e. The van der Waals surface area contributed by atoms with Crippen LogP contribution in [0.1, 0.15) is 42.5 Å². The smallest absolute Gasteiger partial charge is 0.416 e. The molecule has 34 heavy (non-hydrogen) atoms. The van der Waals surface area contributed by atoms with Crippen LogP contribution in [0.5, 0.6) is 0 Å². The molecule has 0 bridgehead atoms. The standard InChI is InChI=1S/C14H11F3O2S.C10H14N2O2/c1-20(18,19)13-8-11(10-5-3-2-4-6-10)7-12(9-13)14(15,16)17;1-7-3-2-4-9-8(7)5-11-12(9)6-10(13)14/h2-9H,1H3;5,7H,2-4,6H2,1H3,(H,13,14). The number of carboxylic acids is 1. The third-order valence-electron chi connectivity index (χ3n) is 5.62. The number of halogens is 3. The molecule has 1 heterocycles. The first kappa shape index (κ1) is 25.5. The van der Waals surface area contributed by atoms with Crippen LogP contribution in [0.3, 0.4) is 0 Å². The summed E-state index contributed by atoms with van der Waals surface area (Å²) in [5, 5.41) is 12.8. The monoisotopic (exact) mass is 494 g/mol. The third-order valence-corrected chi connectivity index (χ3v) is 6.71. The summed E-state index contributed by atoms with van der Waals surface area (Å²) in [5.41, 5.74) is 2.13. The first-order chi connectivity index (χ1) is 15.9. The van der Waals surface area contributed by atoms with Crippen molar-refractivity contribution in [1.29, 1.82) is 0 Å². The molecule has 1 unspecified atom stereocenters. The lowest BCUT2D eigenvalue weighted by Gasteiger charge is -2.18. The molecule has 0 spiro atoms. The Morgan fingerprint density at radius 2 is 1.82 bits per heavy atom. The molecule has 1 N–H and O–H groups in total. The van der Waals surface area contributed by atoms with Crippen LogP contribution in [0.2, 0.25) is 0 Å². The third kappa shape index (κ3) is 6.25. The average Bonchev–Trinajstić information content (AvgIpc) is 3.17. The molecule has 1 aromatic heterocycles. The van der Waals surface area contributed by atoms with Gasteiger partial charge in [0, 0.05) is 11.9 Å². The fraction of sp³-hybridized carbons (Fsp3) is 0.333. The van der Waals surface area contributed by atoms with Gasteiger partial charge in [-0.3, -0.25) is 9.48 Å². The van der Waals surface area contributed by atoms with Crippen molar-refractivity contribution < 1.29 is 31.5 Å². The number of aliphatic carboxylic acids is 1. The largest absolute Gasteiger partial charge is 0.480 e. The van der Waals surface area contributed by atoms with Crippen molar-refractivity contribution in [2.45, 2.75) is 49.7 Å². The summed E-state index contributed by atoms with van der Waals surface area (Å²) in [4.78, 5) is 10.2. The first-order valence-electron chi connectivity index (χ1n) is 10.6. The van der Waals surface area contributed by atoms with Crippen LogP contribution in [-0.2, 0) is 33.8 Å². The molecular weight excluding hydrogens is 469 g/mol. The van der Waals surface area contributed by atoms with Crippen molar-refractivity contribution in [3.63, 3.8) is 0 Å². The van der Waals surface area contributed by atoms with E-state index in [1.807, 2.05) is 6.20 Å². The predicted octanol–water partition coefficient (Wildman–Crippen LogP) is 5.18. The van der Waals surface area contributed by atoms with Gasteiger partial charge in [-0.2, -0.15) is 18.3 Å². The highest BCUT2D eigenvalue weighted by atomic mass is 32.2. The van der Waals surface area contributed by atoms with Crippen molar-refractivity contribution in [3.8, 4) is 11.1 Å². The Balaban J connectivity index is 0.000000202. The Morgan fingerprint density at radius 1 is 1.15 bits per heavy atom. The molecule has 182 valence electrons. The second-order valence-corrected chi connectivity index (χ2v) is 10.3. The van der Waals surface area contributed by atoms with Gasteiger partial charge in [-0.15, -0.1) is 0 Å². The summed E-state index contributed by atoms with van der Waals surface area (Å²) in [6.45, 7) is 2.16. The van der Waals surface area contributed by atoms with Gasteiger partial charge in [0.15, 0.2) is 9.84 Å². The van der Waals surface area contributed by atoms with Gasteiger partial charge in [-0.05, 0) is 60.1 Å². The Labute approximate surface area is 196 Å². The van der Waals surface area contributed by atoms with Crippen LogP contribution in [-0.4, -0.2) is 35.5 Å². The second kappa shape index (κ2) is 10.0. The second-order valence-electron chi connectivity index (χ2n) is 8.27. The fourth-order valence-corrected chi connectivity index (χ4v) is 4.56. The van der Waals surface area contributed by atoms with E-state index in [2.05, 4.69) is 12.0 Å². The number of aromatic nitrogens is 2. The summed E-state index contributed by atoms with van der Waals surface area (Å²) in [6, 6.07) is 11.2. The summed E-state index contributed by atoms with van der Waals surface area (Å²) >= 11 is 0. The van der Waals surface area contributed by atoms with Gasteiger partial charge >= 0.3 is 12.1 Å². The molecule has 1 atom stereocenters. The summed E-state index contributed by atoms with van der Waals surface area (Å²) in [5.74, 6) is -0.296. The Kier molecular flexibility index (Phi) is 7.50. The number of rotatable bonds is 4. The van der Waals surface area contributed by atoms with E-state index in [9.17, 15) is 26.4 Å². The quantitative estimate of drug-likeness (QED) is 0.540. The number of hydrogen-bond acceptors (Lipinski definition) is 4. The van der Waals surface area contributed by atoms with Crippen molar-refractivity contribution in [3.05, 3.63) is 71.5 Å². The van der Waals surface area contributed by atoms with E-state index in [4.69, 9.17) is 5.11 Å². The van der Waals surface area contributed by atoms with Gasteiger partial charge in [0.2, 0.25) is 0 Å². The number of benzene rings is 2. The number of fused-ring (bicyclic) bond motifs is 1. The molecule has 3 aromatic rings. The lowest BCUT2D eigenvalue weighted by Crippen LogP contribution is -2.16. The molecule has 0 amide bonds. The highest BCUT2D eigenvalue weighted by Crippen LogP contribution is 2.34. The molecule has 2 aromatic carbocycles. The first-order valence-corrected chi connectivity index (χ1v) is 12.5. The number of nitrogens with zero attached hydrogens (tertiary/aromatic N) is 2. The van der Waals surface area contributed by atoms with E-state index >= 15 is 0 Å². The van der Waals surface area contributed by atoms with Gasteiger partial charge in [-0.1, -0.05) is 37.3 Å². The molecule has 1 aliphatic rings. The van der Waals surface area contributed by atoms with Gasteiger partial charge < -0.3 is 5.11 Å². The lowest BCUT2D eigenvalue weighted by atomic mass is 9.89. The zero-order chi connectivity index (χ0) is 25.1. The summed E-state index contributed by atoms with van der Waals surface area (Å²) in [6.07, 6.45) is 1.40. The number of alkyl halides is 3. The van der Waals surface area contributed by atoms with Crippen molar-refractivity contribution in [2.24, 2.45) is 0 Å². The zero-order valence-corrected chi connectivity index (χ0v) is 19.5. The SMILES string of the molecule is CC1CCCc2c1cnn2CC(=O)O.CS(=O)(=O)c1cc(-c2ccccc2)cc(C(F)(F)F)c1. The van der Waals surface area contributed by atoms with E-state index in [-0.39, 0.29) is 17.0 Å². The maximum atomic E-state index is 12.9. The number of sulfone groups is 1. The van der Waals surface area contributed by atoms with Crippen LogP contribution < -0.4 is 0 Å². The van der Waals surface area contributed by atoms with E-state index in [1.54, 1.807) is 35.0 Å². The van der Waals surface area contributed by atoms with E-state index in [0.717, 1.165) is 30.9 Å². The molecule has 0 fully saturated rings. The van der Waals surface area contributed by atoms with E-state index in [1.165, 1.54) is 18.1 Å². The van der Waals surface area contributed by atoms with Crippen molar-refractivity contribution >= 4 is 15.8 Å². The Morgan fingerprint density at radius 3 is 2.41 bits per heavy atom. The minimum absolute atomic E-state index is 0.0119. The van der Waals surface area contributed by atoms with Crippen molar-refractivity contribution in [1.82, 2.24) is 9.78 Å². The van der Waals surface area contributed by atoms with Crippen LogP contribution in [0.4, 0.5) is 13.2 Å². The molecule has 1 aliphatic carbocycles. The predicted molar refractivity (Wildman–Crippen MR) is 121 cm³/mol.